The number of rotatable bonds is 9. The van der Waals surface area contributed by atoms with Crippen LogP contribution < -0.4 is 5.73 Å². The number of nitrogens with zero attached hydrogens (tertiary/aromatic N) is 1. The van der Waals surface area contributed by atoms with E-state index in [1.165, 1.54) is 0 Å². The Morgan fingerprint density at radius 3 is 2.35 bits per heavy atom. The standard InChI is InChI=1S/C12H24N2O2S/c1-4-10(5-2)12(15)14(8-9-16-3)7-6-11(13)17/h10H,4-9H2,1-3H3,(H2,13,17). The van der Waals surface area contributed by atoms with Gasteiger partial charge in [0, 0.05) is 32.5 Å². The van der Waals surface area contributed by atoms with E-state index in [2.05, 4.69) is 0 Å². The molecule has 0 aromatic carbocycles. The molecule has 0 aromatic heterocycles. The van der Waals surface area contributed by atoms with Gasteiger partial charge >= 0.3 is 0 Å². The van der Waals surface area contributed by atoms with Gasteiger partial charge in [0.1, 0.15) is 0 Å². The first-order valence-corrected chi connectivity index (χ1v) is 6.53. The van der Waals surface area contributed by atoms with Crippen molar-refractivity contribution in [3.05, 3.63) is 0 Å². The zero-order valence-corrected chi connectivity index (χ0v) is 11.9. The number of methoxy groups -OCH3 is 1. The molecule has 0 heterocycles. The Kier molecular flexibility index (Phi) is 8.99. The molecular weight excluding hydrogens is 236 g/mol. The maximum atomic E-state index is 12.2. The van der Waals surface area contributed by atoms with Crippen LogP contribution in [0, 0.1) is 5.92 Å². The van der Waals surface area contributed by atoms with Gasteiger partial charge in [-0.05, 0) is 12.8 Å². The van der Waals surface area contributed by atoms with Crippen LogP contribution in [0.1, 0.15) is 33.1 Å². The van der Waals surface area contributed by atoms with E-state index < -0.39 is 0 Å². The number of nitrogens with two attached hydrogens (primary N) is 1. The number of carbonyl (C=O) groups excluding carboxylic acids is 1. The number of ether oxygens (including phenoxy) is 1. The van der Waals surface area contributed by atoms with Crippen LogP contribution >= 0.6 is 12.2 Å². The van der Waals surface area contributed by atoms with E-state index >= 15 is 0 Å². The van der Waals surface area contributed by atoms with Crippen molar-refractivity contribution >= 4 is 23.1 Å². The van der Waals surface area contributed by atoms with Gasteiger partial charge in [0.05, 0.1) is 11.6 Å². The Labute approximate surface area is 109 Å². The molecule has 0 aliphatic rings. The fraction of sp³-hybridized carbons (Fsp3) is 0.833. The lowest BCUT2D eigenvalue weighted by Crippen LogP contribution is -2.39. The summed E-state index contributed by atoms with van der Waals surface area (Å²) < 4.78 is 5.02. The molecule has 0 aliphatic carbocycles. The van der Waals surface area contributed by atoms with E-state index in [4.69, 9.17) is 22.7 Å². The molecule has 0 spiro atoms. The monoisotopic (exact) mass is 260 g/mol. The molecule has 0 aliphatic heterocycles. The number of amides is 1. The maximum Gasteiger partial charge on any atom is 0.225 e. The molecule has 0 rings (SSSR count). The van der Waals surface area contributed by atoms with Crippen LogP contribution in [-0.4, -0.2) is 42.6 Å². The van der Waals surface area contributed by atoms with Gasteiger partial charge in [0.2, 0.25) is 5.91 Å². The first kappa shape index (κ1) is 16.3. The van der Waals surface area contributed by atoms with Crippen LogP contribution in [0.2, 0.25) is 0 Å². The molecule has 0 saturated carbocycles. The molecule has 0 aromatic rings. The Morgan fingerprint density at radius 2 is 1.94 bits per heavy atom. The first-order valence-electron chi connectivity index (χ1n) is 6.12. The summed E-state index contributed by atoms with van der Waals surface area (Å²) in [5.74, 6) is 0.279. The van der Waals surface area contributed by atoms with Gasteiger partial charge in [0.15, 0.2) is 0 Å². The van der Waals surface area contributed by atoms with Crippen molar-refractivity contribution in [1.82, 2.24) is 4.90 Å². The number of hydrogen-bond acceptors (Lipinski definition) is 3. The molecule has 0 saturated heterocycles. The molecular formula is C12H24N2O2S. The highest BCUT2D eigenvalue weighted by Gasteiger charge is 2.20. The summed E-state index contributed by atoms with van der Waals surface area (Å²) in [5.41, 5.74) is 5.47. The first-order chi connectivity index (χ1) is 8.06. The van der Waals surface area contributed by atoms with Gasteiger partial charge in [-0.2, -0.15) is 0 Å². The summed E-state index contributed by atoms with van der Waals surface area (Å²) >= 11 is 4.84. The van der Waals surface area contributed by atoms with Crippen molar-refractivity contribution < 1.29 is 9.53 Å². The van der Waals surface area contributed by atoms with Crippen LogP contribution in [0.3, 0.4) is 0 Å². The third kappa shape index (κ3) is 6.58. The van der Waals surface area contributed by atoms with Crippen molar-refractivity contribution in [2.75, 3.05) is 26.8 Å². The normalized spacial score (nSPS) is 10.6. The van der Waals surface area contributed by atoms with E-state index in [1.807, 2.05) is 13.8 Å². The van der Waals surface area contributed by atoms with Crippen LogP contribution in [0.25, 0.3) is 0 Å². The lowest BCUT2D eigenvalue weighted by Gasteiger charge is -2.26. The molecule has 100 valence electrons. The molecule has 0 radical (unpaired) electrons. The zero-order chi connectivity index (χ0) is 13.3. The fourth-order valence-corrected chi connectivity index (χ4v) is 1.77. The van der Waals surface area contributed by atoms with Gasteiger partial charge in [-0.1, -0.05) is 26.1 Å². The van der Waals surface area contributed by atoms with E-state index in [0.717, 1.165) is 12.8 Å². The molecule has 17 heavy (non-hydrogen) atoms. The predicted octanol–water partition coefficient (Wildman–Crippen LogP) is 1.57. The topological polar surface area (TPSA) is 55.6 Å². The van der Waals surface area contributed by atoms with Crippen LogP contribution in [0.5, 0.6) is 0 Å². The van der Waals surface area contributed by atoms with E-state index in [9.17, 15) is 4.79 Å². The van der Waals surface area contributed by atoms with Crippen molar-refractivity contribution in [2.45, 2.75) is 33.1 Å². The second kappa shape index (κ2) is 9.36. The summed E-state index contributed by atoms with van der Waals surface area (Å²) in [6, 6.07) is 0. The van der Waals surface area contributed by atoms with Crippen LogP contribution in [0.15, 0.2) is 0 Å². The summed E-state index contributed by atoms with van der Waals surface area (Å²) in [7, 11) is 1.63. The van der Waals surface area contributed by atoms with Crippen molar-refractivity contribution in [1.29, 1.82) is 0 Å². The summed E-state index contributed by atoms with van der Waals surface area (Å²) in [5, 5.41) is 0. The van der Waals surface area contributed by atoms with Crippen LogP contribution in [-0.2, 0) is 9.53 Å². The molecule has 1 amide bonds. The van der Waals surface area contributed by atoms with Gasteiger partial charge in [-0.15, -0.1) is 0 Å². The minimum atomic E-state index is 0.0956. The smallest absolute Gasteiger partial charge is 0.225 e. The second-order valence-corrected chi connectivity index (χ2v) is 4.57. The van der Waals surface area contributed by atoms with E-state index in [0.29, 0.717) is 31.1 Å². The molecule has 0 atom stereocenters. The minimum Gasteiger partial charge on any atom is -0.393 e. The lowest BCUT2D eigenvalue weighted by molar-refractivity contribution is -0.136. The Balaban J connectivity index is 4.42. The van der Waals surface area contributed by atoms with Crippen molar-refractivity contribution in [3.8, 4) is 0 Å². The summed E-state index contributed by atoms with van der Waals surface area (Å²) in [6.07, 6.45) is 2.31. The van der Waals surface area contributed by atoms with Crippen LogP contribution in [0.4, 0.5) is 0 Å². The Hall–Kier alpha value is -0.680. The largest absolute Gasteiger partial charge is 0.393 e. The lowest BCUT2D eigenvalue weighted by atomic mass is 10.0. The average molecular weight is 260 g/mol. The number of carbonyl (C=O) groups is 1. The predicted molar refractivity (Wildman–Crippen MR) is 73.9 cm³/mol. The zero-order valence-electron chi connectivity index (χ0n) is 11.1. The molecule has 0 unspecified atom stereocenters. The van der Waals surface area contributed by atoms with Gasteiger partial charge in [-0.25, -0.2) is 0 Å². The van der Waals surface area contributed by atoms with E-state index in [1.54, 1.807) is 12.0 Å². The minimum absolute atomic E-state index is 0.0956. The van der Waals surface area contributed by atoms with E-state index in [-0.39, 0.29) is 11.8 Å². The molecule has 0 bridgehead atoms. The van der Waals surface area contributed by atoms with Gasteiger partial charge < -0.3 is 15.4 Å². The highest BCUT2D eigenvalue weighted by molar-refractivity contribution is 7.80. The molecule has 5 heteroatoms. The quantitative estimate of drug-likeness (QED) is 0.639. The molecule has 4 nitrogen and oxygen atoms in total. The highest BCUT2D eigenvalue weighted by atomic mass is 32.1. The Morgan fingerprint density at radius 1 is 1.35 bits per heavy atom. The number of hydrogen-bond donors (Lipinski definition) is 1. The Bertz CT molecular complexity index is 243. The molecule has 2 N–H and O–H groups in total. The second-order valence-electron chi connectivity index (χ2n) is 4.05. The van der Waals surface area contributed by atoms with Gasteiger partial charge in [-0.3, -0.25) is 4.79 Å². The average Bonchev–Trinajstić information content (AvgIpc) is 2.30. The number of thiocarbonyl (C=S) groups is 1. The summed E-state index contributed by atoms with van der Waals surface area (Å²) in [4.78, 5) is 14.5. The highest BCUT2D eigenvalue weighted by Crippen LogP contribution is 2.12. The SMILES string of the molecule is CCC(CC)C(=O)N(CCOC)CCC(N)=S. The fourth-order valence-electron chi connectivity index (χ4n) is 1.67. The summed E-state index contributed by atoms with van der Waals surface area (Å²) in [6.45, 7) is 5.81. The molecule has 0 fully saturated rings. The maximum absolute atomic E-state index is 12.2. The van der Waals surface area contributed by atoms with Crippen molar-refractivity contribution in [2.24, 2.45) is 11.7 Å². The third-order valence-electron chi connectivity index (χ3n) is 2.84. The van der Waals surface area contributed by atoms with Crippen molar-refractivity contribution in [3.63, 3.8) is 0 Å². The third-order valence-corrected chi connectivity index (χ3v) is 3.04. The van der Waals surface area contributed by atoms with Gasteiger partial charge in [0.25, 0.3) is 0 Å².